The van der Waals surface area contributed by atoms with Gasteiger partial charge in [-0.25, -0.2) is 0 Å². The molecule has 0 aromatic heterocycles. The number of benzene rings is 3. The number of anilines is 1. The van der Waals surface area contributed by atoms with E-state index in [1.54, 1.807) is 60.7 Å². The number of rotatable bonds is 6. The SMILES string of the molecule is COc1cc(NC(=O)c2ccccc2C(=O)c2ccccc2)c(OC)cc1Cl. The number of nitrogens with one attached hydrogen (secondary N) is 1. The average molecular weight is 396 g/mol. The Hall–Kier alpha value is -3.31. The van der Waals surface area contributed by atoms with Gasteiger partial charge in [0.2, 0.25) is 0 Å². The first-order chi connectivity index (χ1) is 13.5. The van der Waals surface area contributed by atoms with Gasteiger partial charge >= 0.3 is 0 Å². The molecule has 6 heteroatoms. The van der Waals surface area contributed by atoms with Gasteiger partial charge < -0.3 is 14.8 Å². The van der Waals surface area contributed by atoms with E-state index in [-0.39, 0.29) is 11.3 Å². The number of ketones is 1. The van der Waals surface area contributed by atoms with E-state index in [0.717, 1.165) is 0 Å². The predicted molar refractivity (Wildman–Crippen MR) is 109 cm³/mol. The second kappa shape index (κ2) is 8.59. The van der Waals surface area contributed by atoms with Crippen LogP contribution in [0.5, 0.6) is 11.5 Å². The Balaban J connectivity index is 1.96. The van der Waals surface area contributed by atoms with Crippen molar-refractivity contribution < 1.29 is 19.1 Å². The van der Waals surface area contributed by atoms with Crippen molar-refractivity contribution in [2.24, 2.45) is 0 Å². The quantitative estimate of drug-likeness (QED) is 0.606. The van der Waals surface area contributed by atoms with Gasteiger partial charge in [-0.3, -0.25) is 9.59 Å². The van der Waals surface area contributed by atoms with Gasteiger partial charge in [-0.1, -0.05) is 60.1 Å². The molecule has 1 N–H and O–H groups in total. The van der Waals surface area contributed by atoms with Crippen LogP contribution in [0.1, 0.15) is 26.3 Å². The van der Waals surface area contributed by atoms with Gasteiger partial charge in [-0.2, -0.15) is 0 Å². The molecule has 0 radical (unpaired) electrons. The third kappa shape index (κ3) is 4.00. The molecule has 0 unspecified atom stereocenters. The monoisotopic (exact) mass is 395 g/mol. The normalized spacial score (nSPS) is 10.2. The zero-order chi connectivity index (χ0) is 20.1. The first kappa shape index (κ1) is 19.5. The molecular weight excluding hydrogens is 378 g/mol. The number of hydrogen-bond donors (Lipinski definition) is 1. The number of amides is 1. The largest absolute Gasteiger partial charge is 0.495 e. The van der Waals surface area contributed by atoms with E-state index in [1.165, 1.54) is 14.2 Å². The van der Waals surface area contributed by atoms with Crippen LogP contribution < -0.4 is 14.8 Å². The van der Waals surface area contributed by atoms with Crippen LogP contribution in [0.2, 0.25) is 5.02 Å². The molecule has 0 aliphatic heterocycles. The molecule has 0 saturated heterocycles. The number of ether oxygens (including phenoxy) is 2. The Kier molecular flexibility index (Phi) is 5.96. The molecule has 3 rings (SSSR count). The van der Waals surface area contributed by atoms with Crippen molar-refractivity contribution in [2.45, 2.75) is 0 Å². The highest BCUT2D eigenvalue weighted by Crippen LogP contribution is 2.36. The molecule has 142 valence electrons. The highest BCUT2D eigenvalue weighted by Gasteiger charge is 2.20. The third-order valence-electron chi connectivity index (χ3n) is 4.17. The highest BCUT2D eigenvalue weighted by molar-refractivity contribution is 6.32. The van der Waals surface area contributed by atoms with Crippen molar-refractivity contribution in [3.63, 3.8) is 0 Å². The van der Waals surface area contributed by atoms with Crippen LogP contribution in [0.3, 0.4) is 0 Å². The van der Waals surface area contributed by atoms with Crippen molar-refractivity contribution >= 4 is 29.0 Å². The average Bonchev–Trinajstić information content (AvgIpc) is 2.74. The molecule has 5 nitrogen and oxygen atoms in total. The Morgan fingerprint density at radius 2 is 1.43 bits per heavy atom. The molecule has 0 fully saturated rings. The van der Waals surface area contributed by atoms with Gasteiger partial charge in [0.05, 0.1) is 30.5 Å². The summed E-state index contributed by atoms with van der Waals surface area (Å²) in [4.78, 5) is 25.8. The van der Waals surface area contributed by atoms with E-state index in [4.69, 9.17) is 21.1 Å². The Morgan fingerprint density at radius 1 is 0.821 bits per heavy atom. The number of carbonyl (C=O) groups is 2. The van der Waals surface area contributed by atoms with E-state index in [0.29, 0.717) is 33.3 Å². The topological polar surface area (TPSA) is 64.6 Å². The summed E-state index contributed by atoms with van der Waals surface area (Å²) in [6, 6.07) is 18.6. The number of carbonyl (C=O) groups excluding carboxylic acids is 2. The lowest BCUT2D eigenvalue weighted by Crippen LogP contribution is -2.17. The van der Waals surface area contributed by atoms with Gasteiger partial charge in [-0.15, -0.1) is 0 Å². The summed E-state index contributed by atoms with van der Waals surface area (Å²) in [5, 5.41) is 3.13. The number of methoxy groups -OCH3 is 2. The molecule has 0 aliphatic rings. The lowest BCUT2D eigenvalue weighted by molar-refractivity contribution is 0.0996. The Bertz CT molecular complexity index is 1020. The summed E-state index contributed by atoms with van der Waals surface area (Å²) in [5.74, 6) is 0.104. The van der Waals surface area contributed by atoms with Gasteiger partial charge in [0.25, 0.3) is 5.91 Å². The van der Waals surface area contributed by atoms with Crippen molar-refractivity contribution in [2.75, 3.05) is 19.5 Å². The summed E-state index contributed by atoms with van der Waals surface area (Å²) in [5.41, 5.74) is 1.46. The maximum Gasteiger partial charge on any atom is 0.256 e. The van der Waals surface area contributed by atoms with E-state index in [1.807, 2.05) is 6.07 Å². The van der Waals surface area contributed by atoms with Crippen molar-refractivity contribution in [1.29, 1.82) is 0 Å². The fourth-order valence-corrected chi connectivity index (χ4v) is 3.00. The van der Waals surface area contributed by atoms with Crippen molar-refractivity contribution in [1.82, 2.24) is 0 Å². The minimum absolute atomic E-state index is 0.230. The summed E-state index contributed by atoms with van der Waals surface area (Å²) < 4.78 is 10.5. The lowest BCUT2D eigenvalue weighted by Gasteiger charge is -2.14. The summed E-state index contributed by atoms with van der Waals surface area (Å²) in [6.45, 7) is 0. The first-order valence-corrected chi connectivity index (χ1v) is 8.84. The van der Waals surface area contributed by atoms with Crippen LogP contribution in [-0.2, 0) is 0 Å². The van der Waals surface area contributed by atoms with Gasteiger partial charge in [0, 0.05) is 23.3 Å². The molecular formula is C22H18ClNO4. The maximum atomic E-state index is 12.9. The Labute approximate surface area is 167 Å². The summed E-state index contributed by atoms with van der Waals surface area (Å²) >= 11 is 6.11. The smallest absolute Gasteiger partial charge is 0.256 e. The van der Waals surface area contributed by atoms with E-state index >= 15 is 0 Å². The zero-order valence-corrected chi connectivity index (χ0v) is 16.1. The maximum absolute atomic E-state index is 12.9. The van der Waals surface area contributed by atoms with E-state index < -0.39 is 5.91 Å². The van der Waals surface area contributed by atoms with Crippen molar-refractivity contribution in [3.05, 3.63) is 88.4 Å². The molecule has 0 spiro atoms. The van der Waals surface area contributed by atoms with Crippen LogP contribution in [0.25, 0.3) is 0 Å². The minimum atomic E-state index is -0.442. The molecule has 0 atom stereocenters. The Morgan fingerprint density at radius 3 is 2.07 bits per heavy atom. The summed E-state index contributed by atoms with van der Waals surface area (Å²) in [6.07, 6.45) is 0. The van der Waals surface area contributed by atoms with Crippen molar-refractivity contribution in [3.8, 4) is 11.5 Å². The molecule has 3 aromatic rings. The second-order valence-electron chi connectivity index (χ2n) is 5.88. The third-order valence-corrected chi connectivity index (χ3v) is 4.47. The first-order valence-electron chi connectivity index (χ1n) is 8.46. The molecule has 0 bridgehead atoms. The van der Waals surface area contributed by atoms with Crippen LogP contribution >= 0.6 is 11.6 Å². The van der Waals surface area contributed by atoms with Crippen LogP contribution in [0.4, 0.5) is 5.69 Å². The molecule has 28 heavy (non-hydrogen) atoms. The fourth-order valence-electron chi connectivity index (χ4n) is 2.77. The van der Waals surface area contributed by atoms with E-state index in [2.05, 4.69) is 5.32 Å². The minimum Gasteiger partial charge on any atom is -0.495 e. The molecule has 1 amide bonds. The zero-order valence-electron chi connectivity index (χ0n) is 15.4. The number of halogens is 1. The lowest BCUT2D eigenvalue weighted by atomic mass is 9.98. The van der Waals surface area contributed by atoms with Crippen LogP contribution in [-0.4, -0.2) is 25.9 Å². The second-order valence-corrected chi connectivity index (χ2v) is 6.29. The molecule has 0 heterocycles. The van der Waals surface area contributed by atoms with Crippen LogP contribution in [0.15, 0.2) is 66.7 Å². The fraction of sp³-hybridized carbons (Fsp3) is 0.0909. The molecule has 3 aromatic carbocycles. The summed E-state index contributed by atoms with van der Waals surface area (Å²) in [7, 11) is 2.95. The van der Waals surface area contributed by atoms with Crippen LogP contribution in [0, 0.1) is 0 Å². The molecule has 0 saturated carbocycles. The van der Waals surface area contributed by atoms with Gasteiger partial charge in [0.1, 0.15) is 11.5 Å². The molecule has 0 aliphatic carbocycles. The van der Waals surface area contributed by atoms with E-state index in [9.17, 15) is 9.59 Å². The van der Waals surface area contributed by atoms with Gasteiger partial charge in [-0.05, 0) is 6.07 Å². The standard InChI is InChI=1S/C22H18ClNO4/c1-27-19-13-18(20(28-2)12-17(19)23)24-22(26)16-11-7-6-10-15(16)21(25)14-8-4-3-5-9-14/h3-13H,1-2H3,(H,24,26). The predicted octanol–water partition coefficient (Wildman–Crippen LogP) is 4.84. The highest BCUT2D eigenvalue weighted by atomic mass is 35.5. The van der Waals surface area contributed by atoms with Gasteiger partial charge in [0.15, 0.2) is 5.78 Å². The number of hydrogen-bond acceptors (Lipinski definition) is 4.